The van der Waals surface area contributed by atoms with Gasteiger partial charge in [-0.05, 0) is 39.2 Å². The predicted molar refractivity (Wildman–Crippen MR) is 68.9 cm³/mol. The number of likely N-dealkylation sites (N-methyl/N-ethyl adjacent to an activating group) is 1. The fourth-order valence-electron chi connectivity index (χ4n) is 2.91. The summed E-state index contributed by atoms with van der Waals surface area (Å²) in [5.74, 6) is -1.15. The number of hydrogen-bond donors (Lipinski definition) is 1. The third-order valence-corrected chi connectivity index (χ3v) is 4.41. The molecule has 0 radical (unpaired) electrons. The molecular weight excluding hydrogens is 257 g/mol. The van der Waals surface area contributed by atoms with Crippen LogP contribution in [-0.4, -0.2) is 50.5 Å². The highest BCUT2D eigenvalue weighted by Crippen LogP contribution is 2.42. The van der Waals surface area contributed by atoms with Crippen molar-refractivity contribution in [1.29, 1.82) is 0 Å². The van der Waals surface area contributed by atoms with Gasteiger partial charge < -0.3 is 10.5 Å². The van der Waals surface area contributed by atoms with Crippen LogP contribution in [0.5, 0.6) is 0 Å². The van der Waals surface area contributed by atoms with Crippen LogP contribution < -0.4 is 5.73 Å². The number of ether oxygens (including phenoxy) is 1. The second-order valence-corrected chi connectivity index (χ2v) is 5.51. The minimum atomic E-state index is -4.06. The van der Waals surface area contributed by atoms with Crippen molar-refractivity contribution in [2.45, 2.75) is 43.8 Å². The average molecular weight is 282 g/mol. The van der Waals surface area contributed by atoms with E-state index in [0.717, 1.165) is 13.0 Å². The fourth-order valence-corrected chi connectivity index (χ4v) is 2.91. The lowest BCUT2D eigenvalue weighted by Gasteiger charge is -2.46. The number of nitrogens with two attached hydrogens (primary N) is 1. The van der Waals surface area contributed by atoms with Crippen LogP contribution in [-0.2, 0) is 4.74 Å². The van der Waals surface area contributed by atoms with E-state index in [1.54, 1.807) is 7.11 Å². The van der Waals surface area contributed by atoms with Gasteiger partial charge in [-0.1, -0.05) is 0 Å². The summed E-state index contributed by atoms with van der Waals surface area (Å²) in [6.07, 6.45) is -1.76. The maximum atomic E-state index is 12.7. The highest BCUT2D eigenvalue weighted by atomic mass is 19.4. The zero-order valence-electron chi connectivity index (χ0n) is 11.8. The summed E-state index contributed by atoms with van der Waals surface area (Å²) in [7, 11) is 3.60. The van der Waals surface area contributed by atoms with E-state index in [9.17, 15) is 13.2 Å². The molecular formula is C13H25F3N2O. The maximum absolute atomic E-state index is 12.7. The largest absolute Gasteiger partial charge is 0.391 e. The van der Waals surface area contributed by atoms with Gasteiger partial charge in [-0.3, -0.25) is 4.90 Å². The minimum Gasteiger partial charge on any atom is -0.385 e. The molecule has 0 unspecified atom stereocenters. The Hall–Kier alpha value is -0.330. The van der Waals surface area contributed by atoms with Crippen molar-refractivity contribution in [2.24, 2.45) is 11.7 Å². The van der Waals surface area contributed by atoms with E-state index in [0.29, 0.717) is 26.0 Å². The van der Waals surface area contributed by atoms with Gasteiger partial charge in [-0.25, -0.2) is 0 Å². The molecule has 0 saturated heterocycles. The Morgan fingerprint density at radius 1 is 1.32 bits per heavy atom. The molecule has 1 aliphatic rings. The Morgan fingerprint density at radius 2 is 1.89 bits per heavy atom. The van der Waals surface area contributed by atoms with E-state index in [4.69, 9.17) is 10.5 Å². The minimum absolute atomic E-state index is 0.190. The fraction of sp³-hybridized carbons (Fsp3) is 1.00. The predicted octanol–water partition coefficient (Wildman–Crippen LogP) is 2.40. The summed E-state index contributed by atoms with van der Waals surface area (Å²) in [6, 6.07) is 0. The summed E-state index contributed by atoms with van der Waals surface area (Å²) in [5, 5.41) is 0. The zero-order valence-corrected chi connectivity index (χ0v) is 11.8. The lowest BCUT2D eigenvalue weighted by atomic mass is 9.75. The monoisotopic (exact) mass is 282 g/mol. The van der Waals surface area contributed by atoms with Crippen LogP contribution >= 0.6 is 0 Å². The summed E-state index contributed by atoms with van der Waals surface area (Å²) < 4.78 is 43.1. The van der Waals surface area contributed by atoms with Gasteiger partial charge in [0.2, 0.25) is 0 Å². The number of hydrogen-bond acceptors (Lipinski definition) is 3. The summed E-state index contributed by atoms with van der Waals surface area (Å²) in [5.41, 5.74) is 5.58. The molecule has 0 spiro atoms. The van der Waals surface area contributed by atoms with Crippen molar-refractivity contribution in [3.05, 3.63) is 0 Å². The number of halogens is 3. The van der Waals surface area contributed by atoms with Crippen LogP contribution in [0.1, 0.15) is 32.1 Å². The smallest absolute Gasteiger partial charge is 0.385 e. The molecule has 0 aromatic rings. The number of alkyl halides is 3. The van der Waals surface area contributed by atoms with Crippen LogP contribution in [0.2, 0.25) is 0 Å². The van der Waals surface area contributed by atoms with E-state index in [-0.39, 0.29) is 18.4 Å². The van der Waals surface area contributed by atoms with Crippen LogP contribution in [0, 0.1) is 5.92 Å². The van der Waals surface area contributed by atoms with Crippen LogP contribution in [0.4, 0.5) is 13.2 Å². The van der Waals surface area contributed by atoms with Gasteiger partial charge in [-0.2, -0.15) is 13.2 Å². The molecule has 0 amide bonds. The van der Waals surface area contributed by atoms with Crippen LogP contribution in [0.25, 0.3) is 0 Å². The highest BCUT2D eigenvalue weighted by molar-refractivity contribution is 4.95. The zero-order chi connectivity index (χ0) is 14.5. The molecule has 0 atom stereocenters. The first-order valence-corrected chi connectivity index (χ1v) is 6.82. The molecule has 0 bridgehead atoms. The molecule has 114 valence electrons. The van der Waals surface area contributed by atoms with E-state index in [1.165, 1.54) is 0 Å². The van der Waals surface area contributed by atoms with Gasteiger partial charge in [0.25, 0.3) is 0 Å². The quantitative estimate of drug-likeness (QED) is 0.760. The Labute approximate surface area is 113 Å². The number of methoxy groups -OCH3 is 1. The van der Waals surface area contributed by atoms with E-state index in [1.807, 2.05) is 7.05 Å². The SMILES string of the molecule is COCCCN(C)C1(CN)CCC(C(F)(F)F)CC1. The lowest BCUT2D eigenvalue weighted by molar-refractivity contribution is -0.188. The second kappa shape index (κ2) is 6.90. The first kappa shape index (κ1) is 16.7. The maximum Gasteiger partial charge on any atom is 0.391 e. The Kier molecular flexibility index (Phi) is 6.08. The molecule has 0 aromatic carbocycles. The first-order valence-electron chi connectivity index (χ1n) is 6.82. The third kappa shape index (κ3) is 4.33. The molecule has 1 rings (SSSR count). The summed E-state index contributed by atoms with van der Waals surface area (Å²) in [4.78, 5) is 2.12. The third-order valence-electron chi connectivity index (χ3n) is 4.41. The molecule has 0 aliphatic heterocycles. The first-order chi connectivity index (χ1) is 8.85. The Balaban J connectivity index is 2.54. The van der Waals surface area contributed by atoms with Gasteiger partial charge in [0, 0.05) is 32.3 Å². The van der Waals surface area contributed by atoms with Crippen molar-refractivity contribution < 1.29 is 17.9 Å². The van der Waals surface area contributed by atoms with Gasteiger partial charge in [0.1, 0.15) is 0 Å². The second-order valence-electron chi connectivity index (χ2n) is 5.51. The molecule has 1 saturated carbocycles. The number of rotatable bonds is 6. The molecule has 2 N–H and O–H groups in total. The van der Waals surface area contributed by atoms with E-state index in [2.05, 4.69) is 4.90 Å². The Morgan fingerprint density at radius 3 is 2.32 bits per heavy atom. The van der Waals surface area contributed by atoms with Crippen molar-refractivity contribution in [3.63, 3.8) is 0 Å². The summed E-state index contributed by atoms with van der Waals surface area (Å²) in [6.45, 7) is 1.89. The lowest BCUT2D eigenvalue weighted by Crippen LogP contribution is -2.55. The number of nitrogens with zero attached hydrogens (tertiary/aromatic N) is 1. The highest BCUT2D eigenvalue weighted by Gasteiger charge is 2.46. The Bertz CT molecular complexity index is 263. The topological polar surface area (TPSA) is 38.5 Å². The van der Waals surface area contributed by atoms with Crippen molar-refractivity contribution >= 4 is 0 Å². The molecule has 19 heavy (non-hydrogen) atoms. The molecule has 6 heteroatoms. The van der Waals surface area contributed by atoms with Crippen molar-refractivity contribution in [3.8, 4) is 0 Å². The van der Waals surface area contributed by atoms with Crippen molar-refractivity contribution in [1.82, 2.24) is 4.90 Å². The molecule has 1 aliphatic carbocycles. The van der Waals surface area contributed by atoms with Gasteiger partial charge in [0.05, 0.1) is 5.92 Å². The molecule has 3 nitrogen and oxygen atoms in total. The normalized spacial score (nSPS) is 28.9. The van der Waals surface area contributed by atoms with Gasteiger partial charge >= 0.3 is 6.18 Å². The molecule has 1 fully saturated rings. The van der Waals surface area contributed by atoms with E-state index < -0.39 is 12.1 Å². The van der Waals surface area contributed by atoms with E-state index >= 15 is 0 Å². The molecule has 0 aromatic heterocycles. The summed E-state index contributed by atoms with van der Waals surface area (Å²) >= 11 is 0. The van der Waals surface area contributed by atoms with Crippen molar-refractivity contribution in [2.75, 3.05) is 33.9 Å². The standard InChI is InChI=1S/C13H25F3N2O/c1-18(8-3-9-19-2)12(10-17)6-4-11(5-7-12)13(14,15)16/h11H,3-10,17H2,1-2H3. The molecule has 0 heterocycles. The average Bonchev–Trinajstić information content (AvgIpc) is 2.38. The van der Waals surface area contributed by atoms with Gasteiger partial charge in [0.15, 0.2) is 0 Å². The van der Waals surface area contributed by atoms with Crippen LogP contribution in [0.15, 0.2) is 0 Å². The van der Waals surface area contributed by atoms with Gasteiger partial charge in [-0.15, -0.1) is 0 Å². The van der Waals surface area contributed by atoms with Crippen LogP contribution in [0.3, 0.4) is 0 Å².